The van der Waals surface area contributed by atoms with E-state index in [0.717, 1.165) is 22.0 Å². The second-order valence-corrected chi connectivity index (χ2v) is 5.90. The van der Waals surface area contributed by atoms with E-state index in [1.54, 1.807) is 10.9 Å². The maximum Gasteiger partial charge on any atom is 0.222 e. The Kier molecular flexibility index (Phi) is 5.93. The van der Waals surface area contributed by atoms with Crippen LogP contribution in [0.2, 0.25) is 0 Å². The van der Waals surface area contributed by atoms with Gasteiger partial charge in [0.25, 0.3) is 0 Å². The summed E-state index contributed by atoms with van der Waals surface area (Å²) >= 11 is 0. The van der Waals surface area contributed by atoms with Gasteiger partial charge in [-0.1, -0.05) is 12.1 Å². The average Bonchev–Trinajstić information content (AvgIpc) is 2.97. The van der Waals surface area contributed by atoms with Gasteiger partial charge in [0.2, 0.25) is 5.91 Å². The average molecular weight is 361 g/mol. The maximum absolute atomic E-state index is 11.8. The number of anilines is 1. The Balaban J connectivity index is 0.00000225. The summed E-state index contributed by atoms with van der Waals surface area (Å²) in [7, 11) is 1.84. The van der Waals surface area contributed by atoms with Gasteiger partial charge in [-0.25, -0.2) is 9.97 Å². The van der Waals surface area contributed by atoms with E-state index in [1.807, 2.05) is 38.4 Å². The molecule has 1 atom stereocenters. The van der Waals surface area contributed by atoms with Crippen LogP contribution < -0.4 is 11.1 Å². The highest BCUT2D eigenvalue weighted by atomic mass is 35.5. The predicted octanol–water partition coefficient (Wildman–Crippen LogP) is 1.85. The van der Waals surface area contributed by atoms with Crippen molar-refractivity contribution in [1.82, 2.24) is 19.7 Å². The molecule has 0 saturated carbocycles. The van der Waals surface area contributed by atoms with Crippen LogP contribution in [0.4, 0.5) is 5.82 Å². The summed E-state index contributed by atoms with van der Waals surface area (Å²) in [6.07, 6.45) is 5.70. The van der Waals surface area contributed by atoms with Gasteiger partial charge in [-0.2, -0.15) is 5.10 Å². The Morgan fingerprint density at radius 2 is 2.16 bits per heavy atom. The number of carbonyl (C=O) groups is 1. The topological polar surface area (TPSA) is 98.7 Å². The van der Waals surface area contributed by atoms with Gasteiger partial charge in [0.15, 0.2) is 0 Å². The number of primary amides is 1. The molecule has 0 saturated heterocycles. The van der Waals surface area contributed by atoms with Gasteiger partial charge in [-0.3, -0.25) is 9.48 Å². The second kappa shape index (κ2) is 7.94. The number of aryl methyl sites for hydroxylation is 2. The fourth-order valence-electron chi connectivity index (χ4n) is 2.73. The molecule has 0 fully saturated rings. The highest BCUT2D eigenvalue weighted by molar-refractivity contribution is 5.91. The molecule has 1 aromatic carbocycles. The molecule has 0 spiro atoms. The van der Waals surface area contributed by atoms with Gasteiger partial charge in [0.1, 0.15) is 12.1 Å². The lowest BCUT2D eigenvalue weighted by Gasteiger charge is -2.15. The molecule has 0 aliphatic rings. The molecule has 0 radical (unpaired) electrons. The van der Waals surface area contributed by atoms with Crippen molar-refractivity contribution in [2.45, 2.75) is 13.3 Å². The second-order valence-electron chi connectivity index (χ2n) is 5.90. The number of nitrogens with zero attached hydrogens (tertiary/aromatic N) is 4. The van der Waals surface area contributed by atoms with Crippen LogP contribution in [0.3, 0.4) is 0 Å². The highest BCUT2D eigenvalue weighted by Crippen LogP contribution is 2.22. The Bertz CT molecular complexity index is 878. The summed E-state index contributed by atoms with van der Waals surface area (Å²) < 4.78 is 1.71. The third-order valence-corrected chi connectivity index (χ3v) is 4.03. The van der Waals surface area contributed by atoms with Crippen LogP contribution in [0.5, 0.6) is 0 Å². The van der Waals surface area contributed by atoms with Gasteiger partial charge in [-0.15, -0.1) is 12.4 Å². The van der Waals surface area contributed by atoms with Crippen molar-refractivity contribution in [3.8, 4) is 0 Å². The molecule has 3 aromatic rings. The van der Waals surface area contributed by atoms with Gasteiger partial charge in [0.05, 0.1) is 17.6 Å². The number of nitrogens with two attached hydrogens (primary N) is 1. The third kappa shape index (κ3) is 4.24. The first-order valence-corrected chi connectivity index (χ1v) is 7.75. The molecule has 0 aliphatic carbocycles. The van der Waals surface area contributed by atoms with Crippen molar-refractivity contribution >= 4 is 35.0 Å². The van der Waals surface area contributed by atoms with Crippen LogP contribution in [0, 0.1) is 12.8 Å². The van der Waals surface area contributed by atoms with Crippen LogP contribution in [-0.4, -0.2) is 32.2 Å². The normalized spacial score (nSPS) is 11.8. The van der Waals surface area contributed by atoms with Crippen molar-refractivity contribution in [3.63, 3.8) is 0 Å². The Labute approximate surface area is 152 Å². The molecule has 8 heteroatoms. The number of para-hydroxylation sites is 1. The molecule has 2 heterocycles. The largest absolute Gasteiger partial charge is 0.369 e. The van der Waals surface area contributed by atoms with Crippen molar-refractivity contribution in [1.29, 1.82) is 0 Å². The summed E-state index contributed by atoms with van der Waals surface area (Å²) in [5.74, 6) is 0.0195. The lowest BCUT2D eigenvalue weighted by atomic mass is 10.0. The molecule has 3 N–H and O–H groups in total. The quantitative estimate of drug-likeness (QED) is 0.699. The van der Waals surface area contributed by atoms with E-state index in [4.69, 9.17) is 5.73 Å². The number of rotatable bonds is 6. The van der Waals surface area contributed by atoms with Gasteiger partial charge < -0.3 is 11.1 Å². The van der Waals surface area contributed by atoms with Gasteiger partial charge >= 0.3 is 0 Å². The minimum atomic E-state index is -0.346. The summed E-state index contributed by atoms with van der Waals surface area (Å²) in [5, 5.41) is 8.30. The first kappa shape index (κ1) is 18.7. The zero-order valence-electron chi connectivity index (χ0n) is 14.1. The van der Waals surface area contributed by atoms with Crippen molar-refractivity contribution in [3.05, 3.63) is 48.0 Å². The summed E-state index contributed by atoms with van der Waals surface area (Å²) in [4.78, 5) is 20.4. The molecule has 0 aliphatic heterocycles. The minimum Gasteiger partial charge on any atom is -0.369 e. The number of halogens is 1. The Hall–Kier alpha value is -2.67. The van der Waals surface area contributed by atoms with Gasteiger partial charge in [-0.05, 0) is 30.5 Å². The number of hydrogen-bond donors (Lipinski definition) is 2. The van der Waals surface area contributed by atoms with E-state index in [-0.39, 0.29) is 24.2 Å². The lowest BCUT2D eigenvalue weighted by Crippen LogP contribution is -2.31. The predicted molar refractivity (Wildman–Crippen MR) is 99.6 cm³/mol. The van der Waals surface area contributed by atoms with E-state index < -0.39 is 0 Å². The Morgan fingerprint density at radius 3 is 2.84 bits per heavy atom. The zero-order chi connectivity index (χ0) is 17.1. The van der Waals surface area contributed by atoms with E-state index >= 15 is 0 Å². The molecule has 1 amide bonds. The molecular formula is C17H21ClN6O. The molecular weight excluding hydrogens is 340 g/mol. The summed E-state index contributed by atoms with van der Waals surface area (Å²) in [6, 6.07) is 5.94. The smallest absolute Gasteiger partial charge is 0.222 e. The number of amides is 1. The lowest BCUT2D eigenvalue weighted by molar-refractivity contribution is -0.121. The monoisotopic (exact) mass is 360 g/mol. The van der Waals surface area contributed by atoms with Crippen LogP contribution in [0.25, 0.3) is 10.9 Å². The summed E-state index contributed by atoms with van der Waals surface area (Å²) in [6.45, 7) is 2.41. The summed E-state index contributed by atoms with van der Waals surface area (Å²) in [5.41, 5.74) is 8.52. The molecule has 3 rings (SSSR count). The standard InChI is InChI=1S/C17H20N6O.ClH/c1-11-4-3-5-14-15(11)20-10-21-17(14)19-8-13(16(18)24)6-12-7-22-23(2)9-12;/h3-5,7,9-10,13H,6,8H2,1-2H3,(H2,18,24)(H,19,20,21);1H. The first-order chi connectivity index (χ1) is 11.5. The van der Waals surface area contributed by atoms with Crippen LogP contribution >= 0.6 is 12.4 Å². The number of benzene rings is 1. The van der Waals surface area contributed by atoms with E-state index in [0.29, 0.717) is 18.8 Å². The maximum atomic E-state index is 11.8. The Morgan fingerprint density at radius 1 is 1.36 bits per heavy atom. The molecule has 7 nitrogen and oxygen atoms in total. The number of aromatic nitrogens is 4. The molecule has 2 aromatic heterocycles. The molecule has 132 valence electrons. The third-order valence-electron chi connectivity index (χ3n) is 4.03. The van der Waals surface area contributed by atoms with Gasteiger partial charge in [0, 0.05) is 25.2 Å². The number of nitrogens with one attached hydrogen (secondary N) is 1. The van der Waals surface area contributed by atoms with E-state index in [2.05, 4.69) is 20.4 Å². The van der Waals surface area contributed by atoms with Crippen molar-refractivity contribution in [2.75, 3.05) is 11.9 Å². The molecule has 1 unspecified atom stereocenters. The first-order valence-electron chi connectivity index (χ1n) is 7.75. The van der Waals surface area contributed by atoms with Crippen molar-refractivity contribution < 1.29 is 4.79 Å². The zero-order valence-corrected chi connectivity index (χ0v) is 15.0. The fraction of sp³-hybridized carbons (Fsp3) is 0.294. The van der Waals surface area contributed by atoms with E-state index in [1.165, 1.54) is 6.33 Å². The number of fused-ring (bicyclic) bond motifs is 1. The SMILES string of the molecule is Cc1cccc2c(NCC(Cc3cnn(C)c3)C(N)=O)ncnc12.Cl. The fourth-order valence-corrected chi connectivity index (χ4v) is 2.73. The highest BCUT2D eigenvalue weighted by Gasteiger charge is 2.17. The number of carbonyl (C=O) groups excluding carboxylic acids is 1. The number of hydrogen-bond acceptors (Lipinski definition) is 5. The minimum absolute atomic E-state index is 0. The van der Waals surface area contributed by atoms with Crippen LogP contribution in [0.15, 0.2) is 36.9 Å². The van der Waals surface area contributed by atoms with Crippen LogP contribution in [0.1, 0.15) is 11.1 Å². The van der Waals surface area contributed by atoms with Crippen LogP contribution in [-0.2, 0) is 18.3 Å². The molecule has 0 bridgehead atoms. The van der Waals surface area contributed by atoms with Crippen molar-refractivity contribution in [2.24, 2.45) is 18.7 Å². The van der Waals surface area contributed by atoms with E-state index in [9.17, 15) is 4.79 Å². The molecule has 25 heavy (non-hydrogen) atoms.